The van der Waals surface area contributed by atoms with E-state index in [2.05, 4.69) is 48.9 Å². The fourth-order valence-electron chi connectivity index (χ4n) is 2.44. The Balaban J connectivity index is 2.26. The molecule has 1 atom stereocenters. The highest BCUT2D eigenvalue weighted by atomic mass is 16.5. The van der Waals surface area contributed by atoms with E-state index in [0.717, 1.165) is 5.69 Å². The van der Waals surface area contributed by atoms with Gasteiger partial charge in [0.2, 0.25) is 5.88 Å². The van der Waals surface area contributed by atoms with Gasteiger partial charge in [-0.15, -0.1) is 0 Å². The minimum absolute atomic E-state index is 0.0670. The third-order valence-electron chi connectivity index (χ3n) is 3.51. The summed E-state index contributed by atoms with van der Waals surface area (Å²) in [4.78, 5) is 8.29. The molecule has 0 aliphatic rings. The molecule has 2 aromatic rings. The maximum Gasteiger partial charge on any atom is 0.216 e. The molecule has 4 nitrogen and oxygen atoms in total. The molecule has 1 heterocycles. The maximum atomic E-state index is 6.41. The van der Waals surface area contributed by atoms with Crippen molar-refractivity contribution in [3.63, 3.8) is 0 Å². The predicted octanol–water partition coefficient (Wildman–Crippen LogP) is 3.03. The Labute approximate surface area is 126 Å². The monoisotopic (exact) mass is 285 g/mol. The van der Waals surface area contributed by atoms with Crippen molar-refractivity contribution in [3.8, 4) is 5.88 Å². The van der Waals surface area contributed by atoms with Crippen molar-refractivity contribution in [2.75, 3.05) is 7.11 Å². The first-order valence-corrected chi connectivity index (χ1v) is 7.11. The van der Waals surface area contributed by atoms with Gasteiger partial charge >= 0.3 is 0 Å². The van der Waals surface area contributed by atoms with Crippen LogP contribution in [0.5, 0.6) is 5.88 Å². The summed E-state index contributed by atoms with van der Waals surface area (Å²) in [6.45, 7) is 6.60. The molecule has 2 N–H and O–H groups in total. The van der Waals surface area contributed by atoms with Crippen LogP contribution in [0.15, 0.2) is 36.7 Å². The summed E-state index contributed by atoms with van der Waals surface area (Å²) >= 11 is 0. The molecular weight excluding hydrogens is 262 g/mol. The zero-order chi connectivity index (χ0) is 15.5. The van der Waals surface area contributed by atoms with Crippen LogP contribution in [0.3, 0.4) is 0 Å². The lowest BCUT2D eigenvalue weighted by Gasteiger charge is -2.25. The average Bonchev–Trinajstić information content (AvgIpc) is 2.46. The molecule has 0 bridgehead atoms. The first kappa shape index (κ1) is 15.4. The van der Waals surface area contributed by atoms with Crippen molar-refractivity contribution in [3.05, 3.63) is 53.5 Å². The summed E-state index contributed by atoms with van der Waals surface area (Å²) in [5.41, 5.74) is 9.81. The van der Waals surface area contributed by atoms with E-state index < -0.39 is 0 Å². The third-order valence-corrected chi connectivity index (χ3v) is 3.51. The molecule has 0 saturated carbocycles. The molecule has 1 aromatic heterocycles. The Morgan fingerprint density at radius 1 is 1.19 bits per heavy atom. The largest absolute Gasteiger partial charge is 0.481 e. The maximum absolute atomic E-state index is 6.41. The van der Waals surface area contributed by atoms with E-state index in [4.69, 9.17) is 10.5 Å². The van der Waals surface area contributed by atoms with Gasteiger partial charge in [0.1, 0.15) is 6.33 Å². The molecule has 2 rings (SSSR count). The number of nitrogens with two attached hydrogens (primary N) is 1. The van der Waals surface area contributed by atoms with Crippen LogP contribution in [-0.4, -0.2) is 17.1 Å². The number of hydrogen-bond donors (Lipinski definition) is 1. The number of nitrogens with zero attached hydrogens (tertiary/aromatic N) is 2. The van der Waals surface area contributed by atoms with Crippen LogP contribution in [0.4, 0.5) is 0 Å². The van der Waals surface area contributed by atoms with Crippen LogP contribution >= 0.6 is 0 Å². The molecule has 0 amide bonds. The topological polar surface area (TPSA) is 61.0 Å². The van der Waals surface area contributed by atoms with Crippen molar-refractivity contribution in [1.29, 1.82) is 0 Å². The molecule has 0 saturated heterocycles. The average molecular weight is 285 g/mol. The van der Waals surface area contributed by atoms with E-state index in [1.807, 2.05) is 12.1 Å². The highest BCUT2D eigenvalue weighted by Crippen LogP contribution is 2.30. The second kappa shape index (κ2) is 6.22. The van der Waals surface area contributed by atoms with Crippen molar-refractivity contribution in [1.82, 2.24) is 9.97 Å². The van der Waals surface area contributed by atoms with E-state index in [0.29, 0.717) is 12.3 Å². The normalized spacial score (nSPS) is 13.0. The van der Waals surface area contributed by atoms with Crippen molar-refractivity contribution < 1.29 is 4.74 Å². The van der Waals surface area contributed by atoms with Crippen LogP contribution < -0.4 is 10.5 Å². The van der Waals surface area contributed by atoms with Gasteiger partial charge in [0, 0.05) is 24.2 Å². The van der Waals surface area contributed by atoms with Gasteiger partial charge in [0.15, 0.2) is 0 Å². The zero-order valence-electron chi connectivity index (χ0n) is 13.1. The summed E-state index contributed by atoms with van der Waals surface area (Å²) in [6.07, 6.45) is 2.17. The van der Waals surface area contributed by atoms with Crippen LogP contribution in [0.2, 0.25) is 0 Å². The van der Waals surface area contributed by atoms with Gasteiger partial charge in [-0.05, 0) is 16.5 Å². The first-order chi connectivity index (χ1) is 9.91. The SMILES string of the molecule is COc1cc(CC(N)c2ccccc2C(C)(C)C)ncn1. The molecule has 112 valence electrons. The Hall–Kier alpha value is -1.94. The molecule has 1 unspecified atom stereocenters. The summed E-state index contributed by atoms with van der Waals surface area (Å²) < 4.78 is 5.13. The molecule has 21 heavy (non-hydrogen) atoms. The van der Waals surface area contributed by atoms with Crippen molar-refractivity contribution >= 4 is 0 Å². The summed E-state index contributed by atoms with van der Waals surface area (Å²) in [5, 5.41) is 0. The Kier molecular flexibility index (Phi) is 4.58. The van der Waals surface area contributed by atoms with E-state index in [9.17, 15) is 0 Å². The van der Waals surface area contributed by atoms with Crippen LogP contribution in [-0.2, 0) is 11.8 Å². The van der Waals surface area contributed by atoms with Gasteiger partial charge in [0.25, 0.3) is 0 Å². The second-order valence-corrected chi connectivity index (χ2v) is 6.20. The Morgan fingerprint density at radius 3 is 2.57 bits per heavy atom. The fourth-order valence-corrected chi connectivity index (χ4v) is 2.44. The molecule has 0 fully saturated rings. The van der Waals surface area contributed by atoms with Gasteiger partial charge in [-0.2, -0.15) is 0 Å². The van der Waals surface area contributed by atoms with Crippen LogP contribution in [0.25, 0.3) is 0 Å². The number of ether oxygens (including phenoxy) is 1. The van der Waals surface area contributed by atoms with Crippen LogP contribution in [0, 0.1) is 0 Å². The predicted molar refractivity (Wildman–Crippen MR) is 84.4 cm³/mol. The number of benzene rings is 1. The van der Waals surface area contributed by atoms with Gasteiger partial charge in [-0.1, -0.05) is 45.0 Å². The fraction of sp³-hybridized carbons (Fsp3) is 0.412. The highest BCUT2D eigenvalue weighted by molar-refractivity contribution is 5.35. The quantitative estimate of drug-likeness (QED) is 0.938. The van der Waals surface area contributed by atoms with Crippen molar-refractivity contribution in [2.45, 2.75) is 38.6 Å². The number of methoxy groups -OCH3 is 1. The zero-order valence-corrected chi connectivity index (χ0v) is 13.1. The highest BCUT2D eigenvalue weighted by Gasteiger charge is 2.21. The number of hydrogen-bond acceptors (Lipinski definition) is 4. The summed E-state index contributed by atoms with van der Waals surface area (Å²) in [6, 6.07) is 10.1. The standard InChI is InChI=1S/C17H23N3O/c1-17(2,3)14-8-6-5-7-13(14)15(18)9-12-10-16(21-4)20-11-19-12/h5-8,10-11,15H,9,18H2,1-4H3. The number of rotatable bonds is 4. The molecule has 4 heteroatoms. The molecule has 0 spiro atoms. The minimum atomic E-state index is -0.0972. The second-order valence-electron chi connectivity index (χ2n) is 6.20. The molecule has 0 aliphatic heterocycles. The van der Waals surface area contributed by atoms with E-state index >= 15 is 0 Å². The lowest BCUT2D eigenvalue weighted by Crippen LogP contribution is -2.21. The summed E-state index contributed by atoms with van der Waals surface area (Å²) in [5.74, 6) is 0.566. The molecular formula is C17H23N3O. The minimum Gasteiger partial charge on any atom is -0.481 e. The number of aromatic nitrogens is 2. The van der Waals surface area contributed by atoms with Crippen molar-refractivity contribution in [2.24, 2.45) is 5.73 Å². The van der Waals surface area contributed by atoms with E-state index in [-0.39, 0.29) is 11.5 Å². The first-order valence-electron chi connectivity index (χ1n) is 7.11. The van der Waals surface area contributed by atoms with Gasteiger partial charge in [0.05, 0.1) is 7.11 Å². The molecule has 0 aliphatic carbocycles. The smallest absolute Gasteiger partial charge is 0.216 e. The van der Waals surface area contributed by atoms with Gasteiger partial charge in [-0.3, -0.25) is 0 Å². The Morgan fingerprint density at radius 2 is 1.90 bits per heavy atom. The third kappa shape index (κ3) is 3.79. The van der Waals surface area contributed by atoms with E-state index in [1.165, 1.54) is 17.5 Å². The summed E-state index contributed by atoms with van der Waals surface area (Å²) in [7, 11) is 1.60. The molecule has 1 aromatic carbocycles. The lowest BCUT2D eigenvalue weighted by molar-refractivity contribution is 0.395. The lowest BCUT2D eigenvalue weighted by atomic mass is 9.81. The molecule has 0 radical (unpaired) electrons. The van der Waals surface area contributed by atoms with Crippen LogP contribution in [0.1, 0.15) is 43.6 Å². The Bertz CT molecular complexity index is 605. The van der Waals surface area contributed by atoms with Gasteiger partial charge < -0.3 is 10.5 Å². The van der Waals surface area contributed by atoms with Gasteiger partial charge in [-0.25, -0.2) is 9.97 Å². The van der Waals surface area contributed by atoms with E-state index in [1.54, 1.807) is 7.11 Å².